The first-order valence-corrected chi connectivity index (χ1v) is 24.3. The lowest BCUT2D eigenvalue weighted by atomic mass is 9.87. The maximum Gasteiger partial charge on any atom is 0.315 e. The highest BCUT2D eigenvalue weighted by molar-refractivity contribution is 5.74. The minimum absolute atomic E-state index is 0.117. The Hall–Kier alpha value is -3.72. The Bertz CT molecular complexity index is 1800. The molecule has 0 saturated carbocycles. The van der Waals surface area contributed by atoms with Crippen molar-refractivity contribution in [3.05, 3.63) is 85.1 Å². The van der Waals surface area contributed by atoms with Gasteiger partial charge >= 0.3 is 12.0 Å². The predicted molar refractivity (Wildman–Crippen MR) is 259 cm³/mol. The highest BCUT2D eigenvalue weighted by Gasteiger charge is 2.49. The van der Waals surface area contributed by atoms with E-state index in [2.05, 4.69) is 10.6 Å². The summed E-state index contributed by atoms with van der Waals surface area (Å²) >= 11 is 0. The van der Waals surface area contributed by atoms with Crippen molar-refractivity contribution in [2.45, 2.75) is 189 Å². The number of nitrogens with two attached hydrogens (primary N) is 1. The molecule has 0 aromatic heterocycles. The second kappa shape index (κ2) is 31.1. The van der Waals surface area contributed by atoms with Gasteiger partial charge in [-0.15, -0.1) is 0 Å². The standard InChI is InChI=1S/C50H81N3O18/c1-29-17-15-13-11-9-7-5-6-8-10-12-14-16-18-37(70-48-47(65)43(51)46(64)32(4)69-48)24-41-44(53-49(66)52-27-36(58)28-54)40(61)26-50(67,71-41)25-35(57)22-39(60)38(59)20-19-33(55)21-34(56)23-42(62)68-31(3)30(2)45(29)63/h5-18,29-41,43-48,54-61,63-65,67H,19-28,51H2,1-4H3,(H2,52,53,66)/b6-5+,9-7+,10-8+,13-11+,14-12+,17-15+,18-16+/t29-,30-,31-,32+,33+,34+,35-,36-,37-,38+,39+,40-,41-,43-,44+,45+,46+,47-,48-,50+/m0/s1. The first kappa shape index (κ1) is 61.6. The van der Waals surface area contributed by atoms with Crippen molar-refractivity contribution in [1.29, 1.82) is 0 Å². The summed E-state index contributed by atoms with van der Waals surface area (Å²) < 4.78 is 23.6. The Morgan fingerprint density at radius 1 is 0.732 bits per heavy atom. The Morgan fingerprint density at radius 3 is 1.93 bits per heavy atom. The van der Waals surface area contributed by atoms with Gasteiger partial charge in [0.15, 0.2) is 12.1 Å². The zero-order chi connectivity index (χ0) is 52.8. The maximum atomic E-state index is 13.0. The summed E-state index contributed by atoms with van der Waals surface area (Å²) in [7, 11) is 0. The van der Waals surface area contributed by atoms with Crippen molar-refractivity contribution < 1.29 is 89.8 Å². The van der Waals surface area contributed by atoms with Crippen molar-refractivity contribution >= 4 is 12.0 Å². The predicted octanol–water partition coefficient (Wildman–Crippen LogP) is -0.968. The fourth-order valence-electron chi connectivity index (χ4n) is 8.31. The number of aliphatic hydroxyl groups is 12. The van der Waals surface area contributed by atoms with Crippen LogP contribution < -0.4 is 16.4 Å². The first-order valence-electron chi connectivity index (χ1n) is 24.3. The van der Waals surface area contributed by atoms with Gasteiger partial charge in [0, 0.05) is 44.1 Å². The molecule has 2 amide bonds. The van der Waals surface area contributed by atoms with Gasteiger partial charge in [-0.2, -0.15) is 0 Å². The zero-order valence-corrected chi connectivity index (χ0v) is 41.0. The van der Waals surface area contributed by atoms with Crippen LogP contribution in [0.2, 0.25) is 0 Å². The molecule has 2 saturated heterocycles. The molecule has 71 heavy (non-hydrogen) atoms. The van der Waals surface area contributed by atoms with Crippen molar-refractivity contribution in [2.75, 3.05) is 13.2 Å². The van der Waals surface area contributed by atoms with Gasteiger partial charge in [-0.1, -0.05) is 98.9 Å². The second-order valence-corrected chi connectivity index (χ2v) is 18.9. The number of aliphatic hydroxyl groups excluding tert-OH is 11. The third-order valence-corrected chi connectivity index (χ3v) is 12.7. The van der Waals surface area contributed by atoms with E-state index in [9.17, 15) is 70.9 Å². The van der Waals surface area contributed by atoms with Crippen molar-refractivity contribution in [3.8, 4) is 0 Å². The quantitative estimate of drug-likeness (QED) is 0.142. The number of carbonyl (C=O) groups is 2. The van der Waals surface area contributed by atoms with Gasteiger partial charge in [-0.05, 0) is 33.1 Å². The Kier molecular flexibility index (Phi) is 27.0. The third-order valence-electron chi connectivity index (χ3n) is 12.7. The average molecular weight is 1010 g/mol. The fourth-order valence-corrected chi connectivity index (χ4v) is 8.31. The molecule has 0 unspecified atom stereocenters. The van der Waals surface area contributed by atoms with Crippen LogP contribution in [0.5, 0.6) is 0 Å². The van der Waals surface area contributed by atoms with Crippen LogP contribution in [-0.2, 0) is 23.7 Å². The SMILES string of the molecule is C[C@@H]1[C@H](O)[C@@H](C)/C=C/C=C/C=C/C=C/C=C/C=C/C=C/[C@H](O[C@@H]2O[C@H](C)[C@@H](O)[C@H](N)[C@@H]2O)C[C@@H]2O[C@](O)(C[C@@H](O)C[C@@H](O)[C@H](O)CC[C@@H](O)C[C@@H](O)CC(=O)O[C@H]1C)C[C@H](O)[C@H]2NC(=O)NC[C@H](O)CO. The van der Waals surface area contributed by atoms with Gasteiger partial charge < -0.3 is 96.6 Å². The van der Waals surface area contributed by atoms with E-state index >= 15 is 0 Å². The first-order chi connectivity index (χ1) is 33.5. The molecule has 2 bridgehead atoms. The molecule has 0 aliphatic carbocycles. The van der Waals surface area contributed by atoms with Crippen LogP contribution >= 0.6 is 0 Å². The fraction of sp³-hybridized carbons (Fsp3) is 0.680. The minimum Gasteiger partial charge on any atom is -0.462 e. The van der Waals surface area contributed by atoms with Gasteiger partial charge in [-0.25, -0.2) is 4.79 Å². The Morgan fingerprint density at radius 2 is 1.32 bits per heavy atom. The summed E-state index contributed by atoms with van der Waals surface area (Å²) in [6, 6.07) is -3.33. The second-order valence-electron chi connectivity index (χ2n) is 18.9. The summed E-state index contributed by atoms with van der Waals surface area (Å²) in [4.78, 5) is 25.7. The number of urea groups is 1. The molecule has 3 heterocycles. The molecule has 3 rings (SSSR count). The van der Waals surface area contributed by atoms with Crippen molar-refractivity contribution in [3.63, 3.8) is 0 Å². The van der Waals surface area contributed by atoms with E-state index in [4.69, 9.17) is 24.7 Å². The minimum atomic E-state index is -2.32. The zero-order valence-electron chi connectivity index (χ0n) is 41.0. The summed E-state index contributed by atoms with van der Waals surface area (Å²) in [6.07, 6.45) is 2.48. The highest BCUT2D eigenvalue weighted by atomic mass is 16.7. The van der Waals surface area contributed by atoms with Crippen LogP contribution in [0.4, 0.5) is 4.79 Å². The molecule has 404 valence electrons. The summed E-state index contributed by atoms with van der Waals surface area (Å²) in [5.74, 6) is -3.81. The molecular weight excluding hydrogens is 931 g/mol. The molecule has 2 fully saturated rings. The number of nitrogens with one attached hydrogen (secondary N) is 2. The van der Waals surface area contributed by atoms with Crippen LogP contribution in [-0.4, -0.2) is 196 Å². The van der Waals surface area contributed by atoms with Gasteiger partial charge in [0.2, 0.25) is 0 Å². The molecule has 20 atom stereocenters. The lowest BCUT2D eigenvalue weighted by Gasteiger charge is -2.46. The molecular formula is C50H81N3O18. The monoisotopic (exact) mass is 1010 g/mol. The van der Waals surface area contributed by atoms with Gasteiger partial charge in [0.1, 0.15) is 12.2 Å². The number of hydrogen-bond donors (Lipinski definition) is 15. The maximum absolute atomic E-state index is 13.0. The number of esters is 1. The van der Waals surface area contributed by atoms with E-state index in [1.165, 1.54) is 6.92 Å². The van der Waals surface area contributed by atoms with E-state index in [1.54, 1.807) is 86.8 Å². The van der Waals surface area contributed by atoms with Crippen LogP contribution in [0.3, 0.4) is 0 Å². The molecule has 3 aliphatic rings. The van der Waals surface area contributed by atoms with Crippen molar-refractivity contribution in [2.24, 2.45) is 17.6 Å². The molecule has 0 aromatic rings. The van der Waals surface area contributed by atoms with Crippen LogP contribution in [0.1, 0.15) is 79.1 Å². The van der Waals surface area contributed by atoms with E-state index in [-0.39, 0.29) is 38.1 Å². The number of rotatable bonds is 6. The summed E-state index contributed by atoms with van der Waals surface area (Å²) in [5.41, 5.74) is 6.08. The third kappa shape index (κ3) is 21.7. The van der Waals surface area contributed by atoms with Crippen molar-refractivity contribution in [1.82, 2.24) is 10.6 Å². The van der Waals surface area contributed by atoms with Gasteiger partial charge in [0.25, 0.3) is 0 Å². The number of cyclic esters (lactones) is 1. The Balaban J connectivity index is 1.93. The molecule has 21 nitrogen and oxygen atoms in total. The molecule has 0 aromatic carbocycles. The summed E-state index contributed by atoms with van der Waals surface area (Å²) in [5, 5.41) is 133. The van der Waals surface area contributed by atoms with Crippen LogP contribution in [0.25, 0.3) is 0 Å². The van der Waals surface area contributed by atoms with Gasteiger partial charge in [0.05, 0.1) is 98.4 Å². The smallest absolute Gasteiger partial charge is 0.315 e. The van der Waals surface area contributed by atoms with E-state index in [0.29, 0.717) is 0 Å². The number of ether oxygens (including phenoxy) is 4. The molecule has 21 heteroatoms. The number of hydrogen-bond acceptors (Lipinski definition) is 19. The number of carbonyl (C=O) groups excluding carboxylic acids is 2. The van der Waals surface area contributed by atoms with Crippen LogP contribution in [0, 0.1) is 11.8 Å². The van der Waals surface area contributed by atoms with E-state index in [0.717, 1.165) is 0 Å². The van der Waals surface area contributed by atoms with E-state index in [1.807, 2.05) is 19.1 Å². The average Bonchev–Trinajstić information content (AvgIpc) is 3.30. The number of amides is 2. The highest BCUT2D eigenvalue weighted by Crippen LogP contribution is 2.35. The molecule has 3 aliphatic heterocycles. The molecule has 16 N–H and O–H groups in total. The Labute approximate surface area is 416 Å². The number of allylic oxidation sites excluding steroid dienone is 12. The normalized spacial score (nSPS) is 43.0. The molecule has 0 spiro atoms. The lowest BCUT2D eigenvalue weighted by Crippen LogP contribution is -2.64. The lowest BCUT2D eigenvalue weighted by molar-refractivity contribution is -0.303. The van der Waals surface area contributed by atoms with Crippen LogP contribution in [0.15, 0.2) is 85.1 Å². The van der Waals surface area contributed by atoms with E-state index < -0.39 is 160 Å². The largest absolute Gasteiger partial charge is 0.462 e. The summed E-state index contributed by atoms with van der Waals surface area (Å²) in [6.45, 7) is 5.74. The number of fused-ring (bicyclic) bond motifs is 2. The topological polar surface area (TPSA) is 364 Å². The molecule has 0 radical (unpaired) electrons. The van der Waals surface area contributed by atoms with Gasteiger partial charge in [-0.3, -0.25) is 4.79 Å².